The molecule has 0 spiro atoms. The van der Waals surface area contributed by atoms with Crippen LogP contribution in [0.2, 0.25) is 0 Å². The normalized spacial score (nSPS) is 12.6. The summed E-state index contributed by atoms with van der Waals surface area (Å²) in [4.78, 5) is 14.9. The van der Waals surface area contributed by atoms with Gasteiger partial charge in [-0.3, -0.25) is 4.79 Å². The molecule has 1 aromatic carbocycles. The lowest BCUT2D eigenvalue weighted by Crippen LogP contribution is -2.32. The van der Waals surface area contributed by atoms with Crippen LogP contribution in [-0.4, -0.2) is 27.1 Å². The van der Waals surface area contributed by atoms with Gasteiger partial charge in [0.1, 0.15) is 6.04 Å². The van der Waals surface area contributed by atoms with Gasteiger partial charge in [0.2, 0.25) is 0 Å². The van der Waals surface area contributed by atoms with Crippen molar-refractivity contribution in [3.05, 3.63) is 36.0 Å². The van der Waals surface area contributed by atoms with Crippen molar-refractivity contribution in [2.24, 2.45) is 5.73 Å². The smallest absolute Gasteiger partial charge is 0.320 e. The molecule has 17 heavy (non-hydrogen) atoms. The van der Waals surface area contributed by atoms with Gasteiger partial charge in [-0.1, -0.05) is 18.2 Å². The summed E-state index contributed by atoms with van der Waals surface area (Å²) in [6.45, 7) is 0. The largest absolute Gasteiger partial charge is 0.480 e. The molecule has 0 saturated carbocycles. The molecule has 1 heterocycles. The first-order valence-corrected chi connectivity index (χ1v) is 5.02. The number of fused-ring (bicyclic) bond motifs is 1. The SMILES string of the molecule is N[C@@H](Cc1cn(OO)c2ccccc12)C(=O)O. The zero-order valence-corrected chi connectivity index (χ0v) is 8.91. The van der Waals surface area contributed by atoms with Gasteiger partial charge in [-0.2, -0.15) is 9.99 Å². The highest BCUT2D eigenvalue weighted by Crippen LogP contribution is 2.21. The van der Waals surface area contributed by atoms with Gasteiger partial charge >= 0.3 is 5.97 Å². The highest BCUT2D eigenvalue weighted by Gasteiger charge is 2.16. The second-order valence-electron chi connectivity index (χ2n) is 3.73. The van der Waals surface area contributed by atoms with E-state index in [4.69, 9.17) is 16.1 Å². The molecule has 0 fully saturated rings. The lowest BCUT2D eigenvalue weighted by atomic mass is 10.1. The van der Waals surface area contributed by atoms with Crippen LogP contribution in [-0.2, 0) is 11.2 Å². The molecule has 0 saturated heterocycles. The van der Waals surface area contributed by atoms with Crippen LogP contribution < -0.4 is 10.7 Å². The Morgan fingerprint density at radius 1 is 1.47 bits per heavy atom. The highest BCUT2D eigenvalue weighted by atomic mass is 17.2. The Balaban J connectivity index is 2.44. The van der Waals surface area contributed by atoms with Crippen molar-refractivity contribution in [2.75, 3.05) is 0 Å². The summed E-state index contributed by atoms with van der Waals surface area (Å²) in [5.41, 5.74) is 6.85. The monoisotopic (exact) mass is 236 g/mol. The van der Waals surface area contributed by atoms with Gasteiger partial charge in [0, 0.05) is 11.8 Å². The number of carboxylic acids is 1. The van der Waals surface area contributed by atoms with Crippen LogP contribution in [0.5, 0.6) is 0 Å². The fraction of sp³-hybridized carbons (Fsp3) is 0.182. The second-order valence-corrected chi connectivity index (χ2v) is 3.73. The van der Waals surface area contributed by atoms with Crippen molar-refractivity contribution in [1.29, 1.82) is 0 Å². The van der Waals surface area contributed by atoms with Gasteiger partial charge in [-0.15, -0.1) is 0 Å². The number of carbonyl (C=O) groups is 1. The number of rotatable bonds is 4. The average molecular weight is 236 g/mol. The van der Waals surface area contributed by atoms with Crippen LogP contribution in [0.3, 0.4) is 0 Å². The lowest BCUT2D eigenvalue weighted by molar-refractivity contribution is -0.238. The Labute approximate surface area is 96.7 Å². The number of hydrogen-bond donors (Lipinski definition) is 3. The maximum atomic E-state index is 10.7. The van der Waals surface area contributed by atoms with Crippen LogP contribution >= 0.6 is 0 Å². The quantitative estimate of drug-likeness (QED) is 0.530. The van der Waals surface area contributed by atoms with Gasteiger partial charge in [-0.05, 0) is 11.6 Å². The first-order valence-electron chi connectivity index (χ1n) is 5.02. The van der Waals surface area contributed by atoms with E-state index in [1.807, 2.05) is 12.1 Å². The van der Waals surface area contributed by atoms with E-state index in [1.165, 1.54) is 10.9 Å². The summed E-state index contributed by atoms with van der Waals surface area (Å²) in [5.74, 6) is -1.06. The van der Waals surface area contributed by atoms with Crippen LogP contribution in [0.25, 0.3) is 10.9 Å². The van der Waals surface area contributed by atoms with E-state index in [9.17, 15) is 4.79 Å². The van der Waals surface area contributed by atoms with Crippen molar-refractivity contribution in [3.8, 4) is 0 Å². The third-order valence-electron chi connectivity index (χ3n) is 2.61. The molecule has 0 amide bonds. The van der Waals surface area contributed by atoms with Gasteiger partial charge in [-0.25, -0.2) is 4.99 Å². The number of para-hydroxylation sites is 1. The molecule has 90 valence electrons. The molecule has 6 nitrogen and oxygen atoms in total. The fourth-order valence-electron chi connectivity index (χ4n) is 1.77. The zero-order valence-electron chi connectivity index (χ0n) is 8.91. The van der Waals surface area contributed by atoms with E-state index in [0.29, 0.717) is 11.1 Å². The first kappa shape index (κ1) is 11.4. The molecule has 2 rings (SSSR count). The molecule has 0 aliphatic carbocycles. The van der Waals surface area contributed by atoms with E-state index >= 15 is 0 Å². The van der Waals surface area contributed by atoms with Crippen molar-refractivity contribution in [2.45, 2.75) is 12.5 Å². The van der Waals surface area contributed by atoms with Crippen LogP contribution in [0.4, 0.5) is 0 Å². The maximum Gasteiger partial charge on any atom is 0.320 e. The minimum atomic E-state index is -1.06. The van der Waals surface area contributed by atoms with Gasteiger partial charge < -0.3 is 10.8 Å². The lowest BCUT2D eigenvalue weighted by Gasteiger charge is -2.04. The fourth-order valence-corrected chi connectivity index (χ4v) is 1.77. The Kier molecular flexibility index (Phi) is 2.99. The second kappa shape index (κ2) is 4.44. The molecule has 1 atom stereocenters. The first-order chi connectivity index (χ1) is 8.13. The van der Waals surface area contributed by atoms with E-state index in [2.05, 4.69) is 4.99 Å². The summed E-state index contributed by atoms with van der Waals surface area (Å²) in [7, 11) is 0. The third-order valence-corrected chi connectivity index (χ3v) is 2.61. The Bertz CT molecular complexity index is 549. The van der Waals surface area contributed by atoms with Crippen molar-refractivity contribution in [1.82, 2.24) is 4.73 Å². The number of nitrogens with two attached hydrogens (primary N) is 1. The van der Waals surface area contributed by atoms with E-state index in [1.54, 1.807) is 12.1 Å². The van der Waals surface area contributed by atoms with Gasteiger partial charge in [0.15, 0.2) is 0 Å². The number of benzene rings is 1. The molecule has 0 unspecified atom stereocenters. The minimum Gasteiger partial charge on any atom is -0.480 e. The predicted molar refractivity (Wildman–Crippen MR) is 60.5 cm³/mol. The molecular weight excluding hydrogens is 224 g/mol. The minimum absolute atomic E-state index is 0.173. The number of hydrogen-bond acceptors (Lipinski definition) is 4. The van der Waals surface area contributed by atoms with Crippen LogP contribution in [0.15, 0.2) is 30.5 Å². The number of aromatic nitrogens is 1. The molecule has 1 aromatic heterocycles. The van der Waals surface area contributed by atoms with E-state index in [0.717, 1.165) is 5.39 Å². The van der Waals surface area contributed by atoms with Gasteiger partial charge in [0.05, 0.1) is 11.7 Å². The molecule has 0 aliphatic rings. The van der Waals surface area contributed by atoms with Crippen LogP contribution in [0.1, 0.15) is 5.56 Å². The predicted octanol–water partition coefficient (Wildman–Crippen LogP) is 0.497. The van der Waals surface area contributed by atoms with Gasteiger partial charge in [0.25, 0.3) is 0 Å². The Morgan fingerprint density at radius 3 is 2.82 bits per heavy atom. The maximum absolute atomic E-state index is 10.7. The Hall–Kier alpha value is -2.05. The summed E-state index contributed by atoms with van der Waals surface area (Å²) in [5, 5.41) is 18.3. The molecule has 4 N–H and O–H groups in total. The Morgan fingerprint density at radius 2 is 2.18 bits per heavy atom. The van der Waals surface area contributed by atoms with Crippen molar-refractivity contribution < 1.29 is 20.1 Å². The van der Waals surface area contributed by atoms with Crippen molar-refractivity contribution >= 4 is 16.9 Å². The van der Waals surface area contributed by atoms with E-state index < -0.39 is 12.0 Å². The van der Waals surface area contributed by atoms with Crippen molar-refractivity contribution in [3.63, 3.8) is 0 Å². The van der Waals surface area contributed by atoms with Crippen LogP contribution in [0, 0.1) is 0 Å². The summed E-state index contributed by atoms with van der Waals surface area (Å²) in [6, 6.07) is 6.20. The number of nitrogens with zero attached hydrogens (tertiary/aromatic N) is 1. The molecule has 0 radical (unpaired) electrons. The average Bonchev–Trinajstić information content (AvgIpc) is 2.68. The third kappa shape index (κ3) is 2.08. The molecule has 0 aliphatic heterocycles. The summed E-state index contributed by atoms with van der Waals surface area (Å²) in [6.07, 6.45) is 1.69. The molecule has 6 heteroatoms. The highest BCUT2D eigenvalue weighted by molar-refractivity contribution is 5.84. The molecule has 0 bridgehead atoms. The standard InChI is InChI=1S/C11H12N2O4/c12-9(11(14)15)5-7-6-13(17-16)10-4-2-1-3-8(7)10/h1-4,6,9,16H,5,12H2,(H,14,15)/t9-/m0/s1. The number of carboxylic acid groups (broad SMARTS) is 1. The molecule has 2 aromatic rings. The summed E-state index contributed by atoms with van der Waals surface area (Å²) < 4.78 is 1.17. The topological polar surface area (TPSA) is 97.7 Å². The summed E-state index contributed by atoms with van der Waals surface area (Å²) >= 11 is 0. The zero-order chi connectivity index (χ0) is 12.4. The van der Waals surface area contributed by atoms with E-state index in [-0.39, 0.29) is 6.42 Å². The molecular formula is C11H12N2O4. The number of aliphatic carboxylic acids is 1.